The molecule has 0 radical (unpaired) electrons. The number of hydrogen-bond acceptors (Lipinski definition) is 4. The smallest absolute Gasteiger partial charge is 0.257 e. The number of anilines is 1. The predicted molar refractivity (Wildman–Crippen MR) is 104 cm³/mol. The van der Waals surface area contributed by atoms with E-state index in [1.165, 1.54) is 19.4 Å². The lowest BCUT2D eigenvalue weighted by molar-refractivity contribution is 0.102. The van der Waals surface area contributed by atoms with E-state index >= 15 is 0 Å². The second-order valence-electron chi connectivity index (χ2n) is 6.23. The van der Waals surface area contributed by atoms with Gasteiger partial charge in [-0.25, -0.2) is 14.4 Å². The van der Waals surface area contributed by atoms with Gasteiger partial charge in [-0.2, -0.15) is 0 Å². The molecule has 7 heteroatoms. The Labute approximate surface area is 160 Å². The van der Waals surface area contributed by atoms with Crippen LogP contribution in [0, 0.1) is 5.82 Å². The molecule has 0 aliphatic rings. The summed E-state index contributed by atoms with van der Waals surface area (Å²) in [5.41, 5.74) is 3.12. The van der Waals surface area contributed by atoms with Gasteiger partial charge in [-0.05, 0) is 35.9 Å². The van der Waals surface area contributed by atoms with Crippen molar-refractivity contribution in [1.82, 2.24) is 15.0 Å². The lowest BCUT2D eigenvalue weighted by Gasteiger charge is -2.05. The molecular formula is C21H17FN4O2. The first kappa shape index (κ1) is 17.7. The lowest BCUT2D eigenvalue weighted by Crippen LogP contribution is -2.12. The summed E-state index contributed by atoms with van der Waals surface area (Å²) in [5, 5.41) is 2.83. The number of hydrogen-bond donors (Lipinski definition) is 2. The van der Waals surface area contributed by atoms with Crippen LogP contribution in [0.4, 0.5) is 10.1 Å². The second-order valence-corrected chi connectivity index (χ2v) is 6.23. The molecule has 0 aliphatic heterocycles. The molecule has 2 heterocycles. The molecule has 4 aromatic rings. The van der Waals surface area contributed by atoms with Crippen LogP contribution in [0.5, 0.6) is 5.88 Å². The first-order valence-electron chi connectivity index (χ1n) is 8.66. The Kier molecular flexibility index (Phi) is 4.72. The number of nitrogens with zero attached hydrogens (tertiary/aromatic N) is 2. The van der Waals surface area contributed by atoms with Crippen molar-refractivity contribution < 1.29 is 13.9 Å². The SMILES string of the molecule is COc1ccc(C(=O)Nc2ccc3nc(Cc4ccccc4F)[nH]c3c2)cn1. The highest BCUT2D eigenvalue weighted by Gasteiger charge is 2.10. The molecule has 0 unspecified atom stereocenters. The molecule has 2 aromatic heterocycles. The maximum absolute atomic E-state index is 13.8. The molecular weight excluding hydrogens is 359 g/mol. The molecule has 2 N–H and O–H groups in total. The number of nitrogens with one attached hydrogen (secondary N) is 2. The Morgan fingerprint density at radius 1 is 1.18 bits per heavy atom. The first-order chi connectivity index (χ1) is 13.6. The number of aromatic nitrogens is 3. The molecule has 6 nitrogen and oxygen atoms in total. The summed E-state index contributed by atoms with van der Waals surface area (Å²) in [5.74, 6) is 0.561. The minimum absolute atomic E-state index is 0.260. The van der Waals surface area contributed by atoms with E-state index in [0.29, 0.717) is 34.9 Å². The number of methoxy groups -OCH3 is 1. The van der Waals surface area contributed by atoms with Gasteiger partial charge >= 0.3 is 0 Å². The van der Waals surface area contributed by atoms with Crippen LogP contribution >= 0.6 is 0 Å². The van der Waals surface area contributed by atoms with Gasteiger partial charge in [-0.1, -0.05) is 18.2 Å². The molecule has 0 bridgehead atoms. The maximum Gasteiger partial charge on any atom is 0.257 e. The normalized spacial score (nSPS) is 10.8. The van der Waals surface area contributed by atoms with E-state index < -0.39 is 0 Å². The number of ether oxygens (including phenoxy) is 1. The minimum atomic E-state index is -0.277. The van der Waals surface area contributed by atoms with Crippen LogP contribution in [0.3, 0.4) is 0 Å². The van der Waals surface area contributed by atoms with Crippen molar-refractivity contribution in [2.45, 2.75) is 6.42 Å². The van der Waals surface area contributed by atoms with Crippen molar-refractivity contribution in [3.8, 4) is 5.88 Å². The average Bonchev–Trinajstić information content (AvgIpc) is 3.11. The summed E-state index contributed by atoms with van der Waals surface area (Å²) >= 11 is 0. The fraction of sp³-hybridized carbons (Fsp3) is 0.0952. The van der Waals surface area contributed by atoms with E-state index in [4.69, 9.17) is 4.74 Å². The van der Waals surface area contributed by atoms with Gasteiger partial charge < -0.3 is 15.0 Å². The van der Waals surface area contributed by atoms with Crippen molar-refractivity contribution in [3.05, 3.63) is 83.6 Å². The van der Waals surface area contributed by atoms with Gasteiger partial charge in [0, 0.05) is 24.4 Å². The van der Waals surface area contributed by atoms with E-state index in [1.807, 2.05) is 0 Å². The largest absolute Gasteiger partial charge is 0.481 e. The Morgan fingerprint density at radius 2 is 2.04 bits per heavy atom. The van der Waals surface area contributed by atoms with Crippen LogP contribution in [-0.2, 0) is 6.42 Å². The van der Waals surface area contributed by atoms with Gasteiger partial charge in [0.25, 0.3) is 5.91 Å². The molecule has 28 heavy (non-hydrogen) atoms. The molecule has 0 aliphatic carbocycles. The minimum Gasteiger partial charge on any atom is -0.481 e. The van der Waals surface area contributed by atoms with Crippen LogP contribution in [0.25, 0.3) is 11.0 Å². The second kappa shape index (κ2) is 7.48. The molecule has 0 spiro atoms. The predicted octanol–water partition coefficient (Wildman–Crippen LogP) is 3.95. The Morgan fingerprint density at radius 3 is 2.79 bits per heavy atom. The monoisotopic (exact) mass is 376 g/mol. The lowest BCUT2D eigenvalue weighted by atomic mass is 10.1. The number of pyridine rings is 1. The molecule has 4 rings (SSSR count). The van der Waals surface area contributed by atoms with E-state index in [0.717, 1.165) is 11.0 Å². The van der Waals surface area contributed by atoms with Crippen molar-refractivity contribution in [2.24, 2.45) is 0 Å². The van der Waals surface area contributed by atoms with Crippen LogP contribution in [0.2, 0.25) is 0 Å². The van der Waals surface area contributed by atoms with Crippen molar-refractivity contribution in [1.29, 1.82) is 0 Å². The quantitative estimate of drug-likeness (QED) is 0.553. The molecule has 140 valence electrons. The van der Waals surface area contributed by atoms with Crippen LogP contribution < -0.4 is 10.1 Å². The summed E-state index contributed by atoms with van der Waals surface area (Å²) in [6, 6.07) is 15.3. The number of H-pyrrole nitrogens is 1. The number of carbonyl (C=O) groups is 1. The number of aromatic amines is 1. The highest BCUT2D eigenvalue weighted by molar-refractivity contribution is 6.04. The number of rotatable bonds is 5. The summed E-state index contributed by atoms with van der Waals surface area (Å²) in [6.07, 6.45) is 1.82. The third-order valence-electron chi connectivity index (χ3n) is 4.31. The zero-order valence-corrected chi connectivity index (χ0v) is 15.1. The summed E-state index contributed by atoms with van der Waals surface area (Å²) in [4.78, 5) is 24.1. The van der Waals surface area contributed by atoms with Crippen molar-refractivity contribution in [2.75, 3.05) is 12.4 Å². The van der Waals surface area contributed by atoms with Crippen LogP contribution in [-0.4, -0.2) is 28.0 Å². The van der Waals surface area contributed by atoms with Crippen LogP contribution in [0.15, 0.2) is 60.8 Å². The van der Waals surface area contributed by atoms with Crippen molar-refractivity contribution >= 4 is 22.6 Å². The molecule has 1 amide bonds. The fourth-order valence-corrected chi connectivity index (χ4v) is 2.88. The topological polar surface area (TPSA) is 79.9 Å². The van der Waals surface area contributed by atoms with E-state index in [9.17, 15) is 9.18 Å². The third-order valence-corrected chi connectivity index (χ3v) is 4.31. The number of halogens is 1. The summed E-state index contributed by atoms with van der Waals surface area (Å²) < 4.78 is 18.8. The van der Waals surface area contributed by atoms with Crippen molar-refractivity contribution in [3.63, 3.8) is 0 Å². The summed E-state index contributed by atoms with van der Waals surface area (Å²) in [6.45, 7) is 0. The standard InChI is InChI=1S/C21H17FN4O2/c1-28-20-9-6-14(12-23-20)21(27)24-15-7-8-17-18(11-15)26-19(25-17)10-13-4-2-3-5-16(13)22/h2-9,11-12H,10H2,1H3,(H,24,27)(H,25,26). The Balaban J connectivity index is 1.52. The summed E-state index contributed by atoms with van der Waals surface area (Å²) in [7, 11) is 1.52. The van der Waals surface area contributed by atoms with E-state index in [2.05, 4.69) is 20.3 Å². The molecule has 0 fully saturated rings. The number of benzene rings is 2. The maximum atomic E-state index is 13.8. The Hall–Kier alpha value is -3.74. The zero-order valence-electron chi connectivity index (χ0n) is 15.1. The number of carbonyl (C=O) groups excluding carboxylic acids is 1. The van der Waals surface area contributed by atoms with Gasteiger partial charge in [-0.3, -0.25) is 4.79 Å². The highest BCUT2D eigenvalue weighted by Crippen LogP contribution is 2.20. The van der Waals surface area contributed by atoms with E-state index in [1.54, 1.807) is 48.5 Å². The molecule has 0 atom stereocenters. The Bertz CT molecular complexity index is 1140. The van der Waals surface area contributed by atoms with Gasteiger partial charge in [0.05, 0.1) is 23.7 Å². The fourth-order valence-electron chi connectivity index (χ4n) is 2.88. The van der Waals surface area contributed by atoms with Crippen LogP contribution in [0.1, 0.15) is 21.7 Å². The van der Waals surface area contributed by atoms with Gasteiger partial charge in [-0.15, -0.1) is 0 Å². The number of amides is 1. The molecule has 0 saturated heterocycles. The van der Waals surface area contributed by atoms with Gasteiger partial charge in [0.2, 0.25) is 5.88 Å². The number of imidazole rings is 1. The molecule has 0 saturated carbocycles. The number of fused-ring (bicyclic) bond motifs is 1. The molecule has 2 aromatic carbocycles. The first-order valence-corrected chi connectivity index (χ1v) is 8.66. The van der Waals surface area contributed by atoms with Gasteiger partial charge in [0.15, 0.2) is 0 Å². The van der Waals surface area contributed by atoms with E-state index in [-0.39, 0.29) is 11.7 Å². The average molecular weight is 376 g/mol. The van der Waals surface area contributed by atoms with Gasteiger partial charge in [0.1, 0.15) is 11.6 Å². The zero-order chi connectivity index (χ0) is 19.5. The highest BCUT2D eigenvalue weighted by atomic mass is 19.1. The third kappa shape index (κ3) is 3.68.